The molecule has 1 aromatic rings. The quantitative estimate of drug-likeness (QED) is 0.751. The van der Waals surface area contributed by atoms with Crippen molar-refractivity contribution < 1.29 is 13.6 Å². The van der Waals surface area contributed by atoms with Crippen LogP contribution in [0.15, 0.2) is 12.1 Å². The van der Waals surface area contributed by atoms with Crippen LogP contribution in [0.25, 0.3) is 0 Å². The van der Waals surface area contributed by atoms with Crippen LogP contribution in [0.3, 0.4) is 0 Å². The third kappa shape index (κ3) is 2.65. The summed E-state index contributed by atoms with van der Waals surface area (Å²) in [4.78, 5) is 12.6. The second kappa shape index (κ2) is 4.25. The summed E-state index contributed by atoms with van der Waals surface area (Å²) in [5.41, 5.74) is 4.85. The first-order chi connectivity index (χ1) is 6.91. The van der Waals surface area contributed by atoms with Crippen LogP contribution in [-0.4, -0.2) is 24.9 Å². The number of hydrogen-bond donors (Lipinski definition) is 1. The number of rotatable bonds is 2. The molecule has 1 aromatic carbocycles. The van der Waals surface area contributed by atoms with Crippen LogP contribution in [-0.2, 0) is 11.2 Å². The molecular weight excluding hydrogens is 202 g/mol. The number of halogens is 2. The maximum atomic E-state index is 13.0. The summed E-state index contributed by atoms with van der Waals surface area (Å²) in [5.74, 6) is -1.90. The van der Waals surface area contributed by atoms with Gasteiger partial charge in [-0.25, -0.2) is 8.78 Å². The van der Waals surface area contributed by atoms with Gasteiger partial charge >= 0.3 is 0 Å². The fourth-order valence-corrected chi connectivity index (χ4v) is 1.07. The number of carbonyl (C=O) groups is 1. The lowest BCUT2D eigenvalue weighted by Gasteiger charge is -2.10. The molecule has 0 spiro atoms. The second-order valence-corrected chi connectivity index (χ2v) is 3.44. The maximum absolute atomic E-state index is 13.0. The van der Waals surface area contributed by atoms with Gasteiger partial charge in [0.05, 0.1) is 6.42 Å². The average Bonchev–Trinajstić information content (AvgIpc) is 2.13. The number of nitrogen functional groups attached to an aromatic ring is 1. The molecule has 0 saturated heterocycles. The molecule has 0 aliphatic rings. The topological polar surface area (TPSA) is 46.3 Å². The van der Waals surface area contributed by atoms with Crippen molar-refractivity contribution in [2.24, 2.45) is 0 Å². The van der Waals surface area contributed by atoms with E-state index in [1.54, 1.807) is 14.1 Å². The number of amides is 1. The molecular formula is C10H12F2N2O. The normalized spacial score (nSPS) is 10.1. The van der Waals surface area contributed by atoms with Crippen molar-refractivity contribution in [1.82, 2.24) is 4.90 Å². The van der Waals surface area contributed by atoms with E-state index in [4.69, 9.17) is 5.73 Å². The molecule has 0 fully saturated rings. The predicted octanol–water partition coefficient (Wildman–Crippen LogP) is 1.18. The van der Waals surface area contributed by atoms with E-state index in [-0.39, 0.29) is 17.9 Å². The zero-order valence-corrected chi connectivity index (χ0v) is 8.55. The van der Waals surface area contributed by atoms with Crippen LogP contribution in [0.5, 0.6) is 0 Å². The van der Waals surface area contributed by atoms with Gasteiger partial charge in [0.1, 0.15) is 17.3 Å². The van der Waals surface area contributed by atoms with Crippen molar-refractivity contribution in [2.45, 2.75) is 6.42 Å². The smallest absolute Gasteiger partial charge is 0.226 e. The van der Waals surface area contributed by atoms with Crippen molar-refractivity contribution in [3.05, 3.63) is 29.3 Å². The minimum atomic E-state index is -0.837. The zero-order valence-electron chi connectivity index (χ0n) is 8.55. The van der Waals surface area contributed by atoms with Gasteiger partial charge < -0.3 is 10.6 Å². The van der Waals surface area contributed by atoms with E-state index in [0.29, 0.717) is 0 Å². The fraction of sp³-hybridized carbons (Fsp3) is 0.300. The molecule has 0 heterocycles. The first kappa shape index (κ1) is 11.4. The largest absolute Gasteiger partial charge is 0.394 e. The molecule has 1 amide bonds. The Morgan fingerprint density at radius 3 is 2.20 bits per heavy atom. The van der Waals surface area contributed by atoms with Gasteiger partial charge in [-0.05, 0) is 17.7 Å². The highest BCUT2D eigenvalue weighted by Gasteiger charge is 2.11. The molecule has 5 heteroatoms. The number of anilines is 1. The van der Waals surface area contributed by atoms with Crippen molar-refractivity contribution >= 4 is 11.6 Å². The Bertz CT molecular complexity index is 368. The van der Waals surface area contributed by atoms with Gasteiger partial charge in [0.2, 0.25) is 5.91 Å². The summed E-state index contributed by atoms with van der Waals surface area (Å²) in [6.45, 7) is 0. The van der Waals surface area contributed by atoms with E-state index >= 15 is 0 Å². The Kier molecular flexibility index (Phi) is 3.24. The van der Waals surface area contributed by atoms with E-state index in [1.807, 2.05) is 0 Å². The third-order valence-corrected chi connectivity index (χ3v) is 1.99. The van der Waals surface area contributed by atoms with Gasteiger partial charge in [-0.2, -0.15) is 0 Å². The van der Waals surface area contributed by atoms with Crippen molar-refractivity contribution in [2.75, 3.05) is 19.8 Å². The number of nitrogens with two attached hydrogens (primary N) is 1. The average molecular weight is 214 g/mol. The molecule has 82 valence electrons. The lowest BCUT2D eigenvalue weighted by molar-refractivity contribution is -0.127. The Labute approximate surface area is 86.5 Å². The highest BCUT2D eigenvalue weighted by atomic mass is 19.1. The minimum absolute atomic E-state index is 0.0406. The predicted molar refractivity (Wildman–Crippen MR) is 53.2 cm³/mol. The van der Waals surface area contributed by atoms with E-state index in [9.17, 15) is 13.6 Å². The summed E-state index contributed by atoms with van der Waals surface area (Å²) >= 11 is 0. The van der Waals surface area contributed by atoms with Gasteiger partial charge in [0.25, 0.3) is 0 Å². The molecule has 0 bridgehead atoms. The maximum Gasteiger partial charge on any atom is 0.226 e. The zero-order chi connectivity index (χ0) is 11.6. The SMILES string of the molecule is CN(C)C(=O)Cc1cc(F)c(N)c(F)c1. The summed E-state index contributed by atoms with van der Waals surface area (Å²) in [6.07, 6.45) is -0.0406. The molecule has 0 aromatic heterocycles. The number of benzene rings is 1. The number of nitrogens with zero attached hydrogens (tertiary/aromatic N) is 1. The molecule has 2 N–H and O–H groups in total. The lowest BCUT2D eigenvalue weighted by Crippen LogP contribution is -2.23. The molecule has 0 unspecified atom stereocenters. The van der Waals surface area contributed by atoms with E-state index in [0.717, 1.165) is 12.1 Å². The fourth-order valence-electron chi connectivity index (χ4n) is 1.07. The molecule has 0 aliphatic carbocycles. The van der Waals surface area contributed by atoms with Crippen molar-refractivity contribution in [3.8, 4) is 0 Å². The van der Waals surface area contributed by atoms with Crippen LogP contribution >= 0.6 is 0 Å². The summed E-state index contributed by atoms with van der Waals surface area (Å²) < 4.78 is 26.0. The highest BCUT2D eigenvalue weighted by molar-refractivity contribution is 5.78. The second-order valence-electron chi connectivity index (χ2n) is 3.44. The van der Waals surface area contributed by atoms with Crippen molar-refractivity contribution in [1.29, 1.82) is 0 Å². The standard InChI is InChI=1S/C10H12F2N2O/c1-14(2)9(15)5-6-3-7(11)10(13)8(12)4-6/h3-4H,5,13H2,1-2H3. The monoisotopic (exact) mass is 214 g/mol. The summed E-state index contributed by atoms with van der Waals surface area (Å²) in [6, 6.07) is 2.14. The van der Waals surface area contributed by atoms with Crippen LogP contribution in [0.4, 0.5) is 14.5 Å². The number of likely N-dealkylation sites (N-methyl/N-ethyl adjacent to an activating group) is 1. The van der Waals surface area contributed by atoms with E-state index < -0.39 is 17.3 Å². The van der Waals surface area contributed by atoms with Crippen LogP contribution in [0.1, 0.15) is 5.56 Å². The molecule has 0 saturated carbocycles. The third-order valence-electron chi connectivity index (χ3n) is 1.99. The number of hydrogen-bond acceptors (Lipinski definition) is 2. The summed E-state index contributed by atoms with van der Waals surface area (Å²) in [5, 5.41) is 0. The van der Waals surface area contributed by atoms with Gasteiger partial charge in [-0.3, -0.25) is 4.79 Å². The Morgan fingerprint density at radius 1 is 1.33 bits per heavy atom. The lowest BCUT2D eigenvalue weighted by atomic mass is 10.1. The molecule has 0 aliphatic heterocycles. The Hall–Kier alpha value is -1.65. The molecule has 0 radical (unpaired) electrons. The molecule has 15 heavy (non-hydrogen) atoms. The van der Waals surface area contributed by atoms with E-state index in [2.05, 4.69) is 0 Å². The van der Waals surface area contributed by atoms with Gasteiger partial charge in [0.15, 0.2) is 0 Å². The van der Waals surface area contributed by atoms with Crippen molar-refractivity contribution in [3.63, 3.8) is 0 Å². The summed E-state index contributed by atoms with van der Waals surface area (Å²) in [7, 11) is 3.15. The Balaban J connectivity index is 2.93. The molecule has 1 rings (SSSR count). The first-order valence-electron chi connectivity index (χ1n) is 4.35. The van der Waals surface area contributed by atoms with Crippen LogP contribution in [0.2, 0.25) is 0 Å². The number of carbonyl (C=O) groups excluding carboxylic acids is 1. The Morgan fingerprint density at radius 2 is 1.80 bits per heavy atom. The first-order valence-corrected chi connectivity index (χ1v) is 4.35. The van der Waals surface area contributed by atoms with Gasteiger partial charge in [0, 0.05) is 14.1 Å². The highest BCUT2D eigenvalue weighted by Crippen LogP contribution is 2.17. The van der Waals surface area contributed by atoms with Gasteiger partial charge in [-0.1, -0.05) is 0 Å². The van der Waals surface area contributed by atoms with Crippen LogP contribution < -0.4 is 5.73 Å². The molecule has 0 atom stereocenters. The van der Waals surface area contributed by atoms with Crippen LogP contribution in [0, 0.1) is 11.6 Å². The van der Waals surface area contributed by atoms with Gasteiger partial charge in [-0.15, -0.1) is 0 Å². The molecule has 3 nitrogen and oxygen atoms in total. The van der Waals surface area contributed by atoms with E-state index in [1.165, 1.54) is 4.90 Å². The minimum Gasteiger partial charge on any atom is -0.394 e.